The molecule has 0 aliphatic rings. The third-order valence-corrected chi connectivity index (χ3v) is 5.99. The van der Waals surface area contributed by atoms with Crippen LogP contribution in [-0.4, -0.2) is 28.0 Å². The predicted octanol–water partition coefficient (Wildman–Crippen LogP) is 3.37. The number of ether oxygens (including phenoxy) is 1. The quantitative estimate of drug-likeness (QED) is 0.820. The first kappa shape index (κ1) is 18.3. The van der Waals surface area contributed by atoms with Crippen molar-refractivity contribution in [2.24, 2.45) is 0 Å². The van der Waals surface area contributed by atoms with E-state index in [0.717, 1.165) is 5.56 Å². The van der Waals surface area contributed by atoms with Crippen LogP contribution in [0, 0.1) is 13.8 Å². The van der Waals surface area contributed by atoms with Crippen LogP contribution >= 0.6 is 11.6 Å². The fraction of sp³-hybridized carbons (Fsp3) is 0.235. The molecule has 7 heteroatoms. The molecule has 2 aromatic rings. The number of hydrogen-bond acceptors (Lipinski definition) is 5. The van der Waals surface area contributed by atoms with Gasteiger partial charge in [0.2, 0.25) is 9.84 Å². The molecule has 0 saturated carbocycles. The van der Waals surface area contributed by atoms with Crippen LogP contribution in [0.3, 0.4) is 0 Å². The van der Waals surface area contributed by atoms with E-state index in [9.17, 15) is 13.2 Å². The van der Waals surface area contributed by atoms with Crippen molar-refractivity contribution in [2.75, 3.05) is 19.0 Å². The molecule has 5 nitrogen and oxygen atoms in total. The third kappa shape index (κ3) is 3.71. The maximum atomic E-state index is 12.9. The number of sulfone groups is 1. The molecule has 128 valence electrons. The van der Waals surface area contributed by atoms with Gasteiger partial charge in [-0.3, -0.25) is 4.79 Å². The topological polar surface area (TPSA) is 72.5 Å². The molecule has 24 heavy (non-hydrogen) atoms. The maximum absolute atomic E-state index is 12.9. The molecule has 0 fully saturated rings. The molecular formula is C17H18ClNO4S. The first-order chi connectivity index (χ1) is 11.3. The van der Waals surface area contributed by atoms with Crippen LogP contribution in [-0.2, 0) is 19.4 Å². The molecule has 0 aromatic heterocycles. The average Bonchev–Trinajstić information content (AvgIpc) is 2.54. The van der Waals surface area contributed by atoms with E-state index in [0.29, 0.717) is 11.3 Å². The Morgan fingerprint density at radius 3 is 2.33 bits per heavy atom. The molecule has 1 N–H and O–H groups in total. The second kappa shape index (κ2) is 7.23. The Morgan fingerprint density at radius 2 is 1.75 bits per heavy atom. The first-order valence-corrected chi connectivity index (χ1v) is 9.05. The van der Waals surface area contributed by atoms with Crippen LogP contribution in [0.2, 0.25) is 5.02 Å². The van der Waals surface area contributed by atoms with E-state index in [1.165, 1.54) is 13.2 Å². The van der Waals surface area contributed by atoms with Crippen LogP contribution in [0.25, 0.3) is 0 Å². The van der Waals surface area contributed by atoms with Gasteiger partial charge in [0.25, 0.3) is 0 Å². The van der Waals surface area contributed by atoms with Gasteiger partial charge in [0, 0.05) is 5.69 Å². The summed E-state index contributed by atoms with van der Waals surface area (Å²) in [6.07, 6.45) is 0. The first-order valence-electron chi connectivity index (χ1n) is 7.19. The number of nitrogens with one attached hydrogen (secondary N) is 1. The van der Waals surface area contributed by atoms with E-state index in [2.05, 4.69) is 10.1 Å². The molecular weight excluding hydrogens is 350 g/mol. The monoisotopic (exact) mass is 367 g/mol. The Labute approximate surface area is 146 Å². The zero-order valence-electron chi connectivity index (χ0n) is 13.6. The van der Waals surface area contributed by atoms with Crippen LogP contribution in [0.4, 0.5) is 5.69 Å². The minimum Gasteiger partial charge on any atom is -0.468 e. The van der Waals surface area contributed by atoms with E-state index < -0.39 is 15.8 Å². The van der Waals surface area contributed by atoms with Crippen LogP contribution in [0.15, 0.2) is 46.2 Å². The van der Waals surface area contributed by atoms with Gasteiger partial charge in [0.15, 0.2) is 0 Å². The Kier molecular flexibility index (Phi) is 5.51. The highest BCUT2D eigenvalue weighted by molar-refractivity contribution is 7.91. The molecule has 0 saturated heterocycles. The van der Waals surface area contributed by atoms with Crippen molar-refractivity contribution in [1.82, 2.24) is 0 Å². The highest BCUT2D eigenvalue weighted by Crippen LogP contribution is 2.34. The molecule has 2 rings (SSSR count). The lowest BCUT2D eigenvalue weighted by molar-refractivity contribution is -0.138. The number of benzene rings is 2. The summed E-state index contributed by atoms with van der Waals surface area (Å²) in [4.78, 5) is 11.5. The lowest BCUT2D eigenvalue weighted by Crippen LogP contribution is -2.16. The molecule has 0 aliphatic carbocycles. The number of methoxy groups -OCH3 is 1. The Hall–Kier alpha value is -2.05. The molecule has 0 spiro atoms. The molecule has 0 radical (unpaired) electrons. The Morgan fingerprint density at radius 1 is 1.12 bits per heavy atom. The number of esters is 1. The summed E-state index contributed by atoms with van der Waals surface area (Å²) in [6.45, 7) is 3.46. The zero-order chi connectivity index (χ0) is 17.9. The fourth-order valence-electron chi connectivity index (χ4n) is 2.25. The van der Waals surface area contributed by atoms with Gasteiger partial charge < -0.3 is 10.1 Å². The minimum atomic E-state index is -3.77. The SMILES string of the molecule is COC(=O)CNc1ccc(Cl)c(S(=O)(=O)c2ccc(C)cc2)c1C. The highest BCUT2D eigenvalue weighted by Gasteiger charge is 2.24. The number of carbonyl (C=O) groups excluding carboxylic acids is 1. The second-order valence-electron chi connectivity index (χ2n) is 5.30. The molecule has 0 atom stereocenters. The van der Waals surface area contributed by atoms with Gasteiger partial charge in [0.05, 0.1) is 21.9 Å². The molecule has 0 unspecified atom stereocenters. The van der Waals surface area contributed by atoms with E-state index in [-0.39, 0.29) is 21.4 Å². The van der Waals surface area contributed by atoms with Crippen LogP contribution < -0.4 is 5.32 Å². The van der Waals surface area contributed by atoms with E-state index in [1.807, 2.05) is 6.92 Å². The van der Waals surface area contributed by atoms with Crippen molar-refractivity contribution >= 4 is 33.1 Å². The largest absolute Gasteiger partial charge is 0.468 e. The van der Waals surface area contributed by atoms with Crippen molar-refractivity contribution in [3.05, 3.63) is 52.5 Å². The van der Waals surface area contributed by atoms with Crippen LogP contribution in [0.1, 0.15) is 11.1 Å². The summed E-state index contributed by atoms with van der Waals surface area (Å²) in [5.74, 6) is -0.452. The lowest BCUT2D eigenvalue weighted by Gasteiger charge is -2.15. The summed E-state index contributed by atoms with van der Waals surface area (Å²) < 4.78 is 30.4. The summed E-state index contributed by atoms with van der Waals surface area (Å²) in [6, 6.07) is 9.69. The Balaban J connectivity index is 2.49. The lowest BCUT2D eigenvalue weighted by atomic mass is 10.2. The number of halogens is 1. The number of anilines is 1. The Bertz CT molecular complexity index is 861. The minimum absolute atomic E-state index is 0.0304. The third-order valence-electron chi connectivity index (χ3n) is 3.61. The van der Waals surface area contributed by atoms with Crippen molar-refractivity contribution in [1.29, 1.82) is 0 Å². The number of rotatable bonds is 5. The van der Waals surface area contributed by atoms with Crippen molar-refractivity contribution < 1.29 is 17.9 Å². The highest BCUT2D eigenvalue weighted by atomic mass is 35.5. The standard InChI is InChI=1S/C17H18ClNO4S/c1-11-4-6-13(7-5-11)24(21,22)17-12(2)15(9-8-14(17)18)19-10-16(20)23-3/h4-9,19H,10H2,1-3H3. The average molecular weight is 368 g/mol. The number of hydrogen-bond donors (Lipinski definition) is 1. The van der Waals surface area contributed by atoms with E-state index in [4.69, 9.17) is 11.6 Å². The molecule has 0 amide bonds. The maximum Gasteiger partial charge on any atom is 0.325 e. The predicted molar refractivity (Wildman–Crippen MR) is 93.3 cm³/mol. The van der Waals surface area contributed by atoms with Gasteiger partial charge in [-0.2, -0.15) is 0 Å². The van der Waals surface area contributed by atoms with Gasteiger partial charge in [0.1, 0.15) is 6.54 Å². The molecule has 0 heterocycles. The number of carbonyl (C=O) groups is 1. The fourth-order valence-corrected chi connectivity index (χ4v) is 4.33. The smallest absolute Gasteiger partial charge is 0.325 e. The summed E-state index contributed by atoms with van der Waals surface area (Å²) in [7, 11) is -2.49. The van der Waals surface area contributed by atoms with Crippen molar-refractivity contribution in [3.63, 3.8) is 0 Å². The van der Waals surface area contributed by atoms with Gasteiger partial charge in [-0.05, 0) is 43.7 Å². The summed E-state index contributed by atoms with van der Waals surface area (Å²) in [5.41, 5.74) is 1.92. The summed E-state index contributed by atoms with van der Waals surface area (Å²) in [5, 5.41) is 3.00. The van der Waals surface area contributed by atoms with Gasteiger partial charge in [-0.1, -0.05) is 29.3 Å². The van der Waals surface area contributed by atoms with Crippen LogP contribution in [0.5, 0.6) is 0 Å². The van der Waals surface area contributed by atoms with Crippen molar-refractivity contribution in [2.45, 2.75) is 23.6 Å². The second-order valence-corrected chi connectivity index (χ2v) is 7.59. The summed E-state index contributed by atoms with van der Waals surface area (Å²) >= 11 is 6.16. The number of aryl methyl sites for hydroxylation is 1. The van der Waals surface area contributed by atoms with Gasteiger partial charge in [-0.15, -0.1) is 0 Å². The molecule has 0 aliphatic heterocycles. The molecule has 0 bridgehead atoms. The van der Waals surface area contributed by atoms with Gasteiger partial charge >= 0.3 is 5.97 Å². The van der Waals surface area contributed by atoms with Gasteiger partial charge in [-0.25, -0.2) is 8.42 Å². The van der Waals surface area contributed by atoms with Crippen molar-refractivity contribution in [3.8, 4) is 0 Å². The van der Waals surface area contributed by atoms with E-state index >= 15 is 0 Å². The zero-order valence-corrected chi connectivity index (χ0v) is 15.2. The van der Waals surface area contributed by atoms with E-state index in [1.54, 1.807) is 37.3 Å². The normalized spacial score (nSPS) is 11.2. The molecule has 2 aromatic carbocycles.